The summed E-state index contributed by atoms with van der Waals surface area (Å²) < 4.78 is 0. The Bertz CT molecular complexity index is 542. The Kier molecular flexibility index (Phi) is 4.85. The molecule has 0 aliphatic heterocycles. The zero-order valence-electron chi connectivity index (χ0n) is 12.0. The summed E-state index contributed by atoms with van der Waals surface area (Å²) in [6.45, 7) is 2.82. The molecule has 1 rings (SSSR count). The number of carboxylic acids is 1. The summed E-state index contributed by atoms with van der Waals surface area (Å²) in [7, 11) is 2.99. The molecule has 2 amide bonds. The van der Waals surface area contributed by atoms with Crippen molar-refractivity contribution in [3.63, 3.8) is 0 Å². The average molecular weight is 278 g/mol. The molecule has 1 aromatic carbocycles. The molecular weight excluding hydrogens is 260 g/mol. The Morgan fingerprint density at radius 1 is 1.15 bits per heavy atom. The molecule has 0 aliphatic rings. The van der Waals surface area contributed by atoms with E-state index in [0.29, 0.717) is 11.3 Å². The molecule has 0 saturated carbocycles. The van der Waals surface area contributed by atoms with Gasteiger partial charge in [0.25, 0.3) is 5.91 Å². The summed E-state index contributed by atoms with van der Waals surface area (Å²) in [5.74, 6) is -1.74. The fraction of sp³-hybridized carbons (Fsp3) is 0.357. The maximum atomic E-state index is 12.4. The lowest BCUT2D eigenvalue weighted by Gasteiger charge is -2.25. The number of nitrogens with zero attached hydrogens (tertiary/aromatic N) is 2. The van der Waals surface area contributed by atoms with Crippen molar-refractivity contribution in [1.82, 2.24) is 4.90 Å². The summed E-state index contributed by atoms with van der Waals surface area (Å²) in [5, 5.41) is 8.96. The molecule has 6 nitrogen and oxygen atoms in total. The minimum absolute atomic E-state index is 0.209. The highest BCUT2D eigenvalue weighted by atomic mass is 16.4. The lowest BCUT2D eigenvalue weighted by Crippen LogP contribution is -2.41. The molecule has 0 aliphatic carbocycles. The van der Waals surface area contributed by atoms with Gasteiger partial charge in [0, 0.05) is 21.0 Å². The molecule has 1 atom stereocenters. The number of hydrogen-bond acceptors (Lipinski definition) is 3. The van der Waals surface area contributed by atoms with E-state index in [1.165, 1.54) is 25.8 Å². The van der Waals surface area contributed by atoms with Gasteiger partial charge in [-0.2, -0.15) is 0 Å². The third kappa shape index (κ3) is 3.14. The van der Waals surface area contributed by atoms with Crippen LogP contribution >= 0.6 is 0 Å². The topological polar surface area (TPSA) is 77.9 Å². The minimum Gasteiger partial charge on any atom is -0.480 e. The van der Waals surface area contributed by atoms with E-state index in [1.807, 2.05) is 0 Å². The lowest BCUT2D eigenvalue weighted by atomic mass is 10.1. The molecule has 0 saturated heterocycles. The van der Waals surface area contributed by atoms with Crippen molar-refractivity contribution < 1.29 is 19.5 Å². The van der Waals surface area contributed by atoms with E-state index in [2.05, 4.69) is 0 Å². The molecule has 1 unspecified atom stereocenters. The van der Waals surface area contributed by atoms with Gasteiger partial charge in [-0.3, -0.25) is 9.59 Å². The van der Waals surface area contributed by atoms with Crippen LogP contribution in [0.1, 0.15) is 24.2 Å². The second-order valence-corrected chi connectivity index (χ2v) is 4.53. The van der Waals surface area contributed by atoms with E-state index < -0.39 is 17.9 Å². The monoisotopic (exact) mass is 278 g/mol. The number of hydrogen-bond donors (Lipinski definition) is 1. The number of anilines is 1. The summed E-state index contributed by atoms with van der Waals surface area (Å²) in [6.07, 6.45) is 0. The lowest BCUT2D eigenvalue weighted by molar-refractivity contribution is -0.141. The highest BCUT2D eigenvalue weighted by Gasteiger charge is 2.25. The van der Waals surface area contributed by atoms with Crippen molar-refractivity contribution in [3.05, 3.63) is 29.8 Å². The van der Waals surface area contributed by atoms with Crippen LogP contribution in [0.25, 0.3) is 0 Å². The van der Waals surface area contributed by atoms with Crippen LogP contribution in [0.5, 0.6) is 0 Å². The van der Waals surface area contributed by atoms with Gasteiger partial charge in [0.1, 0.15) is 6.04 Å². The number of amides is 2. The minimum atomic E-state index is -1.08. The van der Waals surface area contributed by atoms with Crippen LogP contribution in [-0.4, -0.2) is 47.9 Å². The summed E-state index contributed by atoms with van der Waals surface area (Å²) in [4.78, 5) is 37.2. The summed E-state index contributed by atoms with van der Waals surface area (Å²) >= 11 is 0. The second kappa shape index (κ2) is 6.18. The standard InChI is InChI=1S/C14H18N2O4/c1-9(14(19)20)15(3)13(18)11-7-5-6-8-12(11)16(4)10(2)17/h5-9H,1-4H3,(H,19,20). The zero-order valence-corrected chi connectivity index (χ0v) is 12.0. The van der Waals surface area contributed by atoms with Crippen LogP contribution in [0.15, 0.2) is 24.3 Å². The smallest absolute Gasteiger partial charge is 0.326 e. The summed E-state index contributed by atoms with van der Waals surface area (Å²) in [6, 6.07) is 5.66. The first-order chi connectivity index (χ1) is 9.27. The molecule has 0 bridgehead atoms. The number of para-hydroxylation sites is 1. The molecule has 20 heavy (non-hydrogen) atoms. The van der Waals surface area contributed by atoms with E-state index in [4.69, 9.17) is 5.11 Å². The fourth-order valence-electron chi connectivity index (χ4n) is 1.65. The first-order valence-corrected chi connectivity index (χ1v) is 6.10. The Labute approximate surface area is 117 Å². The molecule has 1 N–H and O–H groups in total. The SMILES string of the molecule is CC(=O)N(C)c1ccccc1C(=O)N(C)C(C)C(=O)O. The molecule has 108 valence electrons. The highest BCUT2D eigenvalue weighted by molar-refractivity contribution is 6.04. The molecular formula is C14H18N2O4. The predicted molar refractivity (Wildman–Crippen MR) is 74.7 cm³/mol. The van der Waals surface area contributed by atoms with Crippen molar-refractivity contribution in [2.24, 2.45) is 0 Å². The maximum absolute atomic E-state index is 12.4. The second-order valence-electron chi connectivity index (χ2n) is 4.53. The molecule has 0 radical (unpaired) electrons. The van der Waals surface area contributed by atoms with Crippen molar-refractivity contribution in [3.8, 4) is 0 Å². The predicted octanol–water partition coefficient (Wildman–Crippen LogP) is 1.21. The fourth-order valence-corrected chi connectivity index (χ4v) is 1.65. The Morgan fingerprint density at radius 2 is 1.70 bits per heavy atom. The van der Waals surface area contributed by atoms with Gasteiger partial charge >= 0.3 is 5.97 Å². The van der Waals surface area contributed by atoms with Gasteiger partial charge < -0.3 is 14.9 Å². The van der Waals surface area contributed by atoms with E-state index in [1.54, 1.807) is 31.3 Å². The molecule has 0 heterocycles. The van der Waals surface area contributed by atoms with Crippen LogP contribution < -0.4 is 4.90 Å². The van der Waals surface area contributed by atoms with Gasteiger partial charge in [0.2, 0.25) is 5.91 Å². The third-order valence-electron chi connectivity index (χ3n) is 3.23. The van der Waals surface area contributed by atoms with Crippen LogP contribution in [0.3, 0.4) is 0 Å². The molecule has 1 aromatic rings. The third-order valence-corrected chi connectivity index (χ3v) is 3.23. The van der Waals surface area contributed by atoms with Crippen molar-refractivity contribution in [1.29, 1.82) is 0 Å². The maximum Gasteiger partial charge on any atom is 0.326 e. The number of rotatable bonds is 4. The molecule has 0 fully saturated rings. The highest BCUT2D eigenvalue weighted by Crippen LogP contribution is 2.21. The van der Waals surface area contributed by atoms with Gasteiger partial charge in [-0.15, -0.1) is 0 Å². The Hall–Kier alpha value is -2.37. The number of carboxylic acid groups (broad SMARTS) is 1. The molecule has 0 spiro atoms. The normalized spacial score (nSPS) is 11.6. The van der Waals surface area contributed by atoms with Gasteiger partial charge in [-0.1, -0.05) is 12.1 Å². The largest absolute Gasteiger partial charge is 0.480 e. The number of likely N-dealkylation sites (N-methyl/N-ethyl adjacent to an activating group) is 1. The van der Waals surface area contributed by atoms with Crippen LogP contribution in [-0.2, 0) is 9.59 Å². The van der Waals surface area contributed by atoms with Crippen molar-refractivity contribution >= 4 is 23.5 Å². The number of benzene rings is 1. The van der Waals surface area contributed by atoms with Gasteiger partial charge in [0.15, 0.2) is 0 Å². The van der Waals surface area contributed by atoms with Gasteiger partial charge in [-0.05, 0) is 19.1 Å². The quantitative estimate of drug-likeness (QED) is 0.898. The Morgan fingerprint density at radius 3 is 2.20 bits per heavy atom. The van der Waals surface area contributed by atoms with E-state index in [-0.39, 0.29) is 5.91 Å². The van der Waals surface area contributed by atoms with Crippen LogP contribution in [0, 0.1) is 0 Å². The zero-order chi connectivity index (χ0) is 15.4. The molecule has 0 aromatic heterocycles. The van der Waals surface area contributed by atoms with Crippen molar-refractivity contribution in [2.75, 3.05) is 19.0 Å². The number of carbonyl (C=O) groups is 3. The van der Waals surface area contributed by atoms with Crippen molar-refractivity contribution in [2.45, 2.75) is 19.9 Å². The van der Waals surface area contributed by atoms with E-state index in [0.717, 1.165) is 4.90 Å². The van der Waals surface area contributed by atoms with Crippen LogP contribution in [0.4, 0.5) is 5.69 Å². The number of aliphatic carboxylic acids is 1. The Balaban J connectivity index is 3.17. The van der Waals surface area contributed by atoms with E-state index in [9.17, 15) is 14.4 Å². The first kappa shape index (κ1) is 15.7. The van der Waals surface area contributed by atoms with Gasteiger partial charge in [0.05, 0.1) is 11.3 Å². The summed E-state index contributed by atoms with van der Waals surface area (Å²) in [5.41, 5.74) is 0.746. The average Bonchev–Trinajstić information content (AvgIpc) is 2.43. The van der Waals surface area contributed by atoms with E-state index >= 15 is 0 Å². The van der Waals surface area contributed by atoms with Gasteiger partial charge in [-0.25, -0.2) is 4.79 Å². The molecule has 6 heteroatoms. The first-order valence-electron chi connectivity index (χ1n) is 6.10. The van der Waals surface area contributed by atoms with Crippen LogP contribution in [0.2, 0.25) is 0 Å². The number of carbonyl (C=O) groups excluding carboxylic acids is 2.